The maximum Gasteiger partial charge on any atom is 0.337 e. The molecule has 0 spiro atoms. The van der Waals surface area contributed by atoms with Crippen molar-refractivity contribution in [2.24, 2.45) is 0 Å². The molecule has 3 N–H and O–H groups in total. The van der Waals surface area contributed by atoms with Gasteiger partial charge in [-0.2, -0.15) is 0 Å². The molecule has 0 radical (unpaired) electrons. The van der Waals surface area contributed by atoms with E-state index >= 15 is 0 Å². The van der Waals surface area contributed by atoms with E-state index in [0.717, 1.165) is 18.1 Å². The molecule has 1 amide bonds. The number of benzene rings is 1. The quantitative estimate of drug-likeness (QED) is 0.721. The SMILES string of the molecule is Cc1ccc(C=CC(=O)NCC(C)(O)C(=O)O)cc1Cl. The van der Waals surface area contributed by atoms with Gasteiger partial charge in [-0.25, -0.2) is 4.79 Å². The Labute approximate surface area is 121 Å². The van der Waals surface area contributed by atoms with E-state index in [2.05, 4.69) is 5.32 Å². The molecule has 5 nitrogen and oxygen atoms in total. The number of carbonyl (C=O) groups is 2. The molecule has 0 aliphatic rings. The van der Waals surface area contributed by atoms with Gasteiger partial charge in [0, 0.05) is 11.1 Å². The van der Waals surface area contributed by atoms with Gasteiger partial charge in [0.25, 0.3) is 0 Å². The number of carboxylic acid groups (broad SMARTS) is 1. The van der Waals surface area contributed by atoms with Crippen LogP contribution in [-0.2, 0) is 9.59 Å². The van der Waals surface area contributed by atoms with E-state index in [1.165, 1.54) is 6.08 Å². The Balaban J connectivity index is 2.60. The third-order valence-corrected chi connectivity index (χ3v) is 3.10. The number of halogens is 1. The first-order chi connectivity index (χ1) is 9.22. The molecule has 0 saturated heterocycles. The van der Waals surface area contributed by atoms with Crippen molar-refractivity contribution in [1.82, 2.24) is 5.32 Å². The zero-order valence-corrected chi connectivity index (χ0v) is 11.9. The smallest absolute Gasteiger partial charge is 0.337 e. The summed E-state index contributed by atoms with van der Waals surface area (Å²) in [5.74, 6) is -1.89. The Bertz CT molecular complexity index is 552. The minimum absolute atomic E-state index is 0.375. The zero-order chi connectivity index (χ0) is 15.3. The Morgan fingerprint density at radius 1 is 1.45 bits per heavy atom. The van der Waals surface area contributed by atoms with Crippen LogP contribution in [0.25, 0.3) is 6.08 Å². The summed E-state index contributed by atoms with van der Waals surface area (Å²) in [6.45, 7) is 2.61. The zero-order valence-electron chi connectivity index (χ0n) is 11.2. The summed E-state index contributed by atoms with van der Waals surface area (Å²) in [4.78, 5) is 22.2. The van der Waals surface area contributed by atoms with Crippen molar-refractivity contribution in [1.29, 1.82) is 0 Å². The molecule has 1 atom stereocenters. The van der Waals surface area contributed by atoms with E-state index in [1.54, 1.807) is 18.2 Å². The number of nitrogens with one attached hydrogen (secondary N) is 1. The number of aliphatic carboxylic acids is 1. The van der Waals surface area contributed by atoms with Gasteiger partial charge in [-0.1, -0.05) is 23.7 Å². The Morgan fingerprint density at radius 2 is 2.10 bits per heavy atom. The molecule has 1 aromatic carbocycles. The van der Waals surface area contributed by atoms with Gasteiger partial charge in [0.05, 0.1) is 6.54 Å². The molecule has 20 heavy (non-hydrogen) atoms. The topological polar surface area (TPSA) is 86.6 Å². The van der Waals surface area contributed by atoms with E-state index in [4.69, 9.17) is 16.7 Å². The summed E-state index contributed by atoms with van der Waals surface area (Å²) in [5, 5.41) is 21.0. The third-order valence-electron chi connectivity index (χ3n) is 2.69. The highest BCUT2D eigenvalue weighted by atomic mass is 35.5. The van der Waals surface area contributed by atoms with Crippen molar-refractivity contribution >= 4 is 29.6 Å². The molecular formula is C14H16ClNO4. The minimum atomic E-state index is -1.99. The first-order valence-corrected chi connectivity index (χ1v) is 6.28. The van der Waals surface area contributed by atoms with Crippen molar-refractivity contribution in [3.8, 4) is 0 Å². The van der Waals surface area contributed by atoms with Gasteiger partial charge in [0.15, 0.2) is 5.60 Å². The number of amides is 1. The summed E-state index contributed by atoms with van der Waals surface area (Å²) in [6.07, 6.45) is 2.80. The van der Waals surface area contributed by atoms with Crippen LogP contribution in [0.4, 0.5) is 0 Å². The standard InChI is InChI=1S/C14H16ClNO4/c1-9-3-4-10(7-11(9)15)5-6-12(17)16-8-14(2,20)13(18)19/h3-7,20H,8H2,1-2H3,(H,16,17)(H,18,19). The molecule has 6 heteroatoms. The van der Waals surface area contributed by atoms with Crippen LogP contribution >= 0.6 is 11.6 Å². The van der Waals surface area contributed by atoms with Gasteiger partial charge < -0.3 is 15.5 Å². The number of rotatable bonds is 5. The van der Waals surface area contributed by atoms with Gasteiger partial charge in [-0.05, 0) is 37.1 Å². The van der Waals surface area contributed by atoms with Crippen molar-refractivity contribution in [2.45, 2.75) is 19.4 Å². The summed E-state index contributed by atoms with van der Waals surface area (Å²) < 4.78 is 0. The van der Waals surface area contributed by atoms with E-state index < -0.39 is 17.5 Å². The average Bonchev–Trinajstić information content (AvgIpc) is 2.37. The Kier molecular flexibility index (Phi) is 5.30. The maximum absolute atomic E-state index is 11.5. The van der Waals surface area contributed by atoms with Crippen molar-refractivity contribution in [3.63, 3.8) is 0 Å². The molecule has 0 aromatic heterocycles. The first-order valence-electron chi connectivity index (χ1n) is 5.90. The fraction of sp³-hybridized carbons (Fsp3) is 0.286. The van der Waals surface area contributed by atoms with Gasteiger partial charge in [-0.15, -0.1) is 0 Å². The predicted molar refractivity (Wildman–Crippen MR) is 76.5 cm³/mol. The largest absolute Gasteiger partial charge is 0.479 e. The lowest BCUT2D eigenvalue weighted by Gasteiger charge is -2.17. The van der Waals surface area contributed by atoms with Crippen molar-refractivity contribution in [2.75, 3.05) is 6.54 Å². The first kappa shape index (κ1) is 16.2. The third kappa shape index (κ3) is 4.68. The predicted octanol–water partition coefficient (Wildman–Crippen LogP) is 1.61. The van der Waals surface area contributed by atoms with Crippen LogP contribution in [0.3, 0.4) is 0 Å². The van der Waals surface area contributed by atoms with Crippen LogP contribution in [0.15, 0.2) is 24.3 Å². The molecule has 1 rings (SSSR count). The van der Waals surface area contributed by atoms with Gasteiger partial charge in [-0.3, -0.25) is 4.79 Å². The van der Waals surface area contributed by atoms with Crippen LogP contribution in [0.2, 0.25) is 5.02 Å². The number of hydrogen-bond acceptors (Lipinski definition) is 3. The van der Waals surface area contributed by atoms with Gasteiger partial charge in [0.1, 0.15) is 0 Å². The minimum Gasteiger partial charge on any atom is -0.479 e. The summed E-state index contributed by atoms with van der Waals surface area (Å²) >= 11 is 5.95. The van der Waals surface area contributed by atoms with Gasteiger partial charge >= 0.3 is 5.97 Å². The Hall–Kier alpha value is -1.85. The monoisotopic (exact) mass is 297 g/mol. The second-order valence-corrected chi connectivity index (χ2v) is 5.05. The molecule has 1 aromatic rings. The fourth-order valence-corrected chi connectivity index (χ4v) is 1.47. The van der Waals surface area contributed by atoms with Crippen molar-refractivity contribution in [3.05, 3.63) is 40.4 Å². The summed E-state index contributed by atoms with van der Waals surface area (Å²) in [5.41, 5.74) is -0.303. The van der Waals surface area contributed by atoms with E-state index in [0.29, 0.717) is 5.02 Å². The average molecular weight is 298 g/mol. The molecule has 0 aliphatic heterocycles. The highest BCUT2D eigenvalue weighted by Gasteiger charge is 2.29. The fourth-order valence-electron chi connectivity index (χ4n) is 1.28. The van der Waals surface area contributed by atoms with E-state index in [-0.39, 0.29) is 6.54 Å². The van der Waals surface area contributed by atoms with Crippen LogP contribution in [0.5, 0.6) is 0 Å². The maximum atomic E-state index is 11.5. The van der Waals surface area contributed by atoms with Crippen LogP contribution in [-0.4, -0.2) is 34.2 Å². The lowest BCUT2D eigenvalue weighted by Crippen LogP contribution is -2.46. The number of carbonyl (C=O) groups excluding carboxylic acids is 1. The molecule has 108 valence electrons. The van der Waals surface area contributed by atoms with E-state index in [9.17, 15) is 14.7 Å². The molecule has 0 fully saturated rings. The number of hydrogen-bond donors (Lipinski definition) is 3. The van der Waals surface area contributed by atoms with Gasteiger partial charge in [0.2, 0.25) is 5.91 Å². The van der Waals surface area contributed by atoms with E-state index in [1.807, 2.05) is 13.0 Å². The molecule has 0 heterocycles. The normalized spacial score (nSPS) is 14.0. The number of aryl methyl sites for hydroxylation is 1. The van der Waals surface area contributed by atoms with Crippen molar-refractivity contribution < 1.29 is 19.8 Å². The summed E-state index contributed by atoms with van der Waals surface area (Å²) in [6, 6.07) is 5.35. The number of aliphatic hydroxyl groups is 1. The Morgan fingerprint density at radius 3 is 2.65 bits per heavy atom. The second-order valence-electron chi connectivity index (χ2n) is 4.64. The van der Waals surface area contributed by atoms with Crippen LogP contribution in [0.1, 0.15) is 18.1 Å². The molecular weight excluding hydrogens is 282 g/mol. The van der Waals surface area contributed by atoms with Crippen LogP contribution in [0, 0.1) is 6.92 Å². The molecule has 1 unspecified atom stereocenters. The highest BCUT2D eigenvalue weighted by Crippen LogP contribution is 2.17. The summed E-state index contributed by atoms with van der Waals surface area (Å²) in [7, 11) is 0. The number of carboxylic acids is 1. The lowest BCUT2D eigenvalue weighted by molar-refractivity contribution is -0.156. The highest BCUT2D eigenvalue weighted by molar-refractivity contribution is 6.31. The lowest BCUT2D eigenvalue weighted by atomic mass is 10.1. The molecule has 0 saturated carbocycles. The van der Waals surface area contributed by atoms with Crippen LogP contribution < -0.4 is 5.32 Å². The molecule has 0 bridgehead atoms. The second kappa shape index (κ2) is 6.54. The molecule has 0 aliphatic carbocycles.